The average molecular weight is 302 g/mol. The second-order valence-electron chi connectivity index (χ2n) is 4.80. The number of nitrogens with one attached hydrogen (secondary N) is 1. The van der Waals surface area contributed by atoms with E-state index < -0.39 is 10.8 Å². The van der Waals surface area contributed by atoms with Crippen molar-refractivity contribution >= 4 is 28.1 Å². The van der Waals surface area contributed by atoms with Gasteiger partial charge < -0.3 is 11.1 Å². The molecule has 0 saturated carbocycles. The molecule has 110 valence electrons. The lowest BCUT2D eigenvalue weighted by Crippen LogP contribution is -2.21. The lowest BCUT2D eigenvalue weighted by Gasteiger charge is -2.11. The number of amides is 1. The molecule has 0 radical (unpaired) electrons. The standard InChI is InChI=1S/C16H18N2O2S/c1-12-6-5-9-14(17)16(12)18-15(19)11-21(20)10-13-7-3-2-4-8-13/h2-9H,10-11,17H2,1H3,(H,18,19). The summed E-state index contributed by atoms with van der Waals surface area (Å²) in [7, 11) is -1.24. The topological polar surface area (TPSA) is 72.2 Å². The SMILES string of the molecule is Cc1cccc(N)c1NC(=O)CS(=O)Cc1ccccc1. The number of nitrogen functional groups attached to an aromatic ring is 1. The Morgan fingerprint density at radius 1 is 1.14 bits per heavy atom. The minimum atomic E-state index is -1.24. The molecule has 0 aromatic heterocycles. The molecular formula is C16H18N2O2S. The first-order valence-electron chi connectivity index (χ1n) is 6.60. The van der Waals surface area contributed by atoms with Gasteiger partial charge in [-0.2, -0.15) is 0 Å². The molecule has 4 nitrogen and oxygen atoms in total. The Hall–Kier alpha value is -2.14. The van der Waals surface area contributed by atoms with Crippen molar-refractivity contribution in [3.8, 4) is 0 Å². The van der Waals surface area contributed by atoms with Crippen molar-refractivity contribution < 1.29 is 9.00 Å². The van der Waals surface area contributed by atoms with Crippen LogP contribution in [0.1, 0.15) is 11.1 Å². The largest absolute Gasteiger partial charge is 0.397 e. The summed E-state index contributed by atoms with van der Waals surface area (Å²) in [5.74, 6) is 0.0467. The van der Waals surface area contributed by atoms with E-state index in [2.05, 4.69) is 5.32 Å². The number of carbonyl (C=O) groups excluding carboxylic acids is 1. The summed E-state index contributed by atoms with van der Waals surface area (Å²) in [6.45, 7) is 1.87. The third-order valence-corrected chi connectivity index (χ3v) is 4.27. The van der Waals surface area contributed by atoms with Crippen LogP contribution in [0.4, 0.5) is 11.4 Å². The van der Waals surface area contributed by atoms with E-state index >= 15 is 0 Å². The van der Waals surface area contributed by atoms with E-state index in [1.807, 2.05) is 49.4 Å². The fourth-order valence-electron chi connectivity index (χ4n) is 1.99. The van der Waals surface area contributed by atoms with E-state index in [-0.39, 0.29) is 11.7 Å². The van der Waals surface area contributed by atoms with Gasteiger partial charge in [-0.25, -0.2) is 0 Å². The molecule has 0 fully saturated rings. The Kier molecular flexibility index (Phi) is 5.11. The van der Waals surface area contributed by atoms with Crippen LogP contribution in [0.15, 0.2) is 48.5 Å². The summed E-state index contributed by atoms with van der Waals surface area (Å²) in [5.41, 5.74) is 8.78. The second kappa shape index (κ2) is 7.04. The van der Waals surface area contributed by atoms with Gasteiger partial charge in [0, 0.05) is 16.6 Å². The normalized spacial score (nSPS) is 11.9. The van der Waals surface area contributed by atoms with E-state index in [9.17, 15) is 9.00 Å². The van der Waals surface area contributed by atoms with Gasteiger partial charge in [0.05, 0.1) is 11.4 Å². The zero-order valence-electron chi connectivity index (χ0n) is 11.8. The molecular weight excluding hydrogens is 284 g/mol. The van der Waals surface area contributed by atoms with Crippen molar-refractivity contribution in [3.63, 3.8) is 0 Å². The lowest BCUT2D eigenvalue weighted by molar-refractivity contribution is -0.113. The van der Waals surface area contributed by atoms with Crippen LogP contribution >= 0.6 is 0 Å². The van der Waals surface area contributed by atoms with Crippen LogP contribution in [0.3, 0.4) is 0 Å². The molecule has 5 heteroatoms. The highest BCUT2D eigenvalue weighted by atomic mass is 32.2. The quantitative estimate of drug-likeness (QED) is 0.833. The first-order chi connectivity index (χ1) is 10.1. The Bertz CT molecular complexity index is 636. The van der Waals surface area contributed by atoms with Crippen molar-refractivity contribution in [2.45, 2.75) is 12.7 Å². The summed E-state index contributed by atoms with van der Waals surface area (Å²) in [6, 6.07) is 14.9. The van der Waals surface area contributed by atoms with Crippen molar-refractivity contribution in [2.75, 3.05) is 16.8 Å². The Labute approximate surface area is 126 Å². The van der Waals surface area contributed by atoms with Gasteiger partial charge in [0.15, 0.2) is 0 Å². The van der Waals surface area contributed by atoms with Crippen LogP contribution in [0, 0.1) is 6.92 Å². The third-order valence-electron chi connectivity index (χ3n) is 3.03. The van der Waals surface area contributed by atoms with Crippen LogP contribution in [-0.4, -0.2) is 15.9 Å². The first-order valence-corrected chi connectivity index (χ1v) is 8.09. The van der Waals surface area contributed by atoms with Crippen LogP contribution in [0.2, 0.25) is 0 Å². The second-order valence-corrected chi connectivity index (χ2v) is 6.26. The van der Waals surface area contributed by atoms with E-state index in [1.165, 1.54) is 0 Å². The van der Waals surface area contributed by atoms with Gasteiger partial charge in [-0.15, -0.1) is 0 Å². The number of rotatable bonds is 5. The summed E-state index contributed by atoms with van der Waals surface area (Å²) in [4.78, 5) is 12.0. The Morgan fingerprint density at radius 3 is 2.52 bits per heavy atom. The molecule has 2 rings (SSSR count). The molecule has 0 aliphatic carbocycles. The van der Waals surface area contributed by atoms with Crippen LogP contribution < -0.4 is 11.1 Å². The van der Waals surface area contributed by atoms with Gasteiger partial charge in [0.1, 0.15) is 5.75 Å². The minimum absolute atomic E-state index is 0.0390. The lowest BCUT2D eigenvalue weighted by atomic mass is 10.1. The van der Waals surface area contributed by atoms with Crippen molar-refractivity contribution in [3.05, 3.63) is 59.7 Å². The monoisotopic (exact) mass is 302 g/mol. The molecule has 2 aromatic rings. The summed E-state index contributed by atoms with van der Waals surface area (Å²) in [5, 5.41) is 2.74. The number of benzene rings is 2. The molecule has 0 aliphatic heterocycles. The van der Waals surface area contributed by atoms with Gasteiger partial charge in [-0.3, -0.25) is 9.00 Å². The molecule has 0 saturated heterocycles. The highest BCUT2D eigenvalue weighted by Gasteiger charge is 2.11. The number of hydrogen-bond acceptors (Lipinski definition) is 3. The molecule has 0 spiro atoms. The maximum absolute atomic E-state index is 12.0. The van der Waals surface area contributed by atoms with Gasteiger partial charge in [-0.1, -0.05) is 42.5 Å². The van der Waals surface area contributed by atoms with Crippen molar-refractivity contribution in [2.24, 2.45) is 0 Å². The zero-order valence-corrected chi connectivity index (χ0v) is 12.7. The summed E-state index contributed by atoms with van der Waals surface area (Å²) in [6.07, 6.45) is 0. The fraction of sp³-hybridized carbons (Fsp3) is 0.188. The molecule has 1 atom stereocenters. The number of hydrogen-bond donors (Lipinski definition) is 2. The number of aryl methyl sites for hydroxylation is 1. The molecule has 21 heavy (non-hydrogen) atoms. The smallest absolute Gasteiger partial charge is 0.237 e. The zero-order chi connectivity index (χ0) is 15.2. The number of nitrogens with two attached hydrogens (primary N) is 1. The van der Waals surface area contributed by atoms with Crippen LogP contribution in [-0.2, 0) is 21.3 Å². The Morgan fingerprint density at radius 2 is 1.86 bits per heavy atom. The fourth-order valence-corrected chi connectivity index (χ4v) is 3.02. The summed E-state index contributed by atoms with van der Waals surface area (Å²) >= 11 is 0. The van der Waals surface area contributed by atoms with E-state index in [1.54, 1.807) is 6.07 Å². The molecule has 2 aromatic carbocycles. The van der Waals surface area contributed by atoms with E-state index in [4.69, 9.17) is 5.73 Å². The maximum atomic E-state index is 12.0. The first kappa shape index (κ1) is 15.3. The highest BCUT2D eigenvalue weighted by molar-refractivity contribution is 7.84. The number of carbonyl (C=O) groups is 1. The molecule has 0 bridgehead atoms. The predicted octanol–water partition coefficient (Wildman–Crippen LogP) is 2.46. The molecule has 1 unspecified atom stereocenters. The Balaban J connectivity index is 1.94. The van der Waals surface area contributed by atoms with Gasteiger partial charge in [0.2, 0.25) is 5.91 Å². The molecule has 3 N–H and O–H groups in total. The minimum Gasteiger partial charge on any atom is -0.397 e. The average Bonchev–Trinajstić information content (AvgIpc) is 2.44. The predicted molar refractivity (Wildman–Crippen MR) is 87.4 cm³/mol. The third kappa shape index (κ3) is 4.43. The van der Waals surface area contributed by atoms with Crippen LogP contribution in [0.25, 0.3) is 0 Å². The summed E-state index contributed by atoms with van der Waals surface area (Å²) < 4.78 is 12.0. The van der Waals surface area contributed by atoms with Crippen molar-refractivity contribution in [1.82, 2.24) is 0 Å². The molecule has 0 heterocycles. The number of anilines is 2. The molecule has 1 amide bonds. The van der Waals surface area contributed by atoms with Crippen LogP contribution in [0.5, 0.6) is 0 Å². The number of para-hydroxylation sites is 1. The maximum Gasteiger partial charge on any atom is 0.237 e. The van der Waals surface area contributed by atoms with Gasteiger partial charge in [-0.05, 0) is 24.1 Å². The van der Waals surface area contributed by atoms with E-state index in [0.717, 1.165) is 11.1 Å². The molecule has 0 aliphatic rings. The van der Waals surface area contributed by atoms with Crippen molar-refractivity contribution in [1.29, 1.82) is 0 Å². The van der Waals surface area contributed by atoms with Gasteiger partial charge in [0.25, 0.3) is 0 Å². The highest BCUT2D eigenvalue weighted by Crippen LogP contribution is 2.22. The van der Waals surface area contributed by atoms with Gasteiger partial charge >= 0.3 is 0 Å². The van der Waals surface area contributed by atoms with E-state index in [0.29, 0.717) is 17.1 Å².